The summed E-state index contributed by atoms with van der Waals surface area (Å²) in [6, 6.07) is 0. The molecule has 3 aliphatic carbocycles. The van der Waals surface area contributed by atoms with Gasteiger partial charge in [0, 0.05) is 22.1 Å². The van der Waals surface area contributed by atoms with Gasteiger partial charge in [-0.1, -0.05) is 119 Å². The maximum absolute atomic E-state index is 12.0. The van der Waals surface area contributed by atoms with Crippen LogP contribution in [0.2, 0.25) is 0 Å². The maximum Gasteiger partial charge on any atom is 3.00 e. The third-order valence-corrected chi connectivity index (χ3v) is 19.1. The summed E-state index contributed by atoms with van der Waals surface area (Å²) < 4.78 is 36.0. The van der Waals surface area contributed by atoms with Crippen LogP contribution in [0.1, 0.15) is 176 Å². The van der Waals surface area contributed by atoms with Gasteiger partial charge in [0.05, 0.1) is 0 Å². The third kappa shape index (κ3) is 17.9. The molecule has 3 saturated carbocycles. The van der Waals surface area contributed by atoms with Crippen molar-refractivity contribution in [3.63, 3.8) is 0 Å². The molecule has 0 bridgehead atoms. The topological polar surface area (TPSA) is 120 Å². The standard InChI is InChI=1S/3C12H25O2P.Al/c3*1-3-4-10-15(13,14)11(2)12-8-6-5-7-9-12;/h3*11-12H,3-10H2,1-2H3,(H,13,14);/q;;;+3/p-3. The van der Waals surface area contributed by atoms with E-state index in [1.807, 2.05) is 41.5 Å². The molecule has 0 spiro atoms. The summed E-state index contributed by atoms with van der Waals surface area (Å²) in [5.41, 5.74) is -0.238. The van der Waals surface area contributed by atoms with Crippen LogP contribution in [0.4, 0.5) is 0 Å². The van der Waals surface area contributed by atoms with E-state index in [4.69, 9.17) is 0 Å². The molecule has 3 fully saturated rings. The van der Waals surface area contributed by atoms with Crippen LogP contribution >= 0.6 is 22.1 Å². The first-order chi connectivity index (χ1) is 21.2. The van der Waals surface area contributed by atoms with Crippen molar-refractivity contribution in [3.8, 4) is 0 Å². The van der Waals surface area contributed by atoms with Gasteiger partial charge in [0.1, 0.15) is 0 Å². The van der Waals surface area contributed by atoms with Crippen LogP contribution in [0.15, 0.2) is 0 Å². The van der Waals surface area contributed by atoms with Gasteiger partial charge in [0.2, 0.25) is 0 Å². The van der Waals surface area contributed by atoms with Gasteiger partial charge in [-0.3, -0.25) is 0 Å². The maximum atomic E-state index is 12.0. The van der Waals surface area contributed by atoms with E-state index >= 15 is 0 Å². The monoisotopic (exact) mass is 720 g/mol. The van der Waals surface area contributed by atoms with Crippen LogP contribution in [-0.2, 0) is 13.7 Å². The Kier molecular flexibility index (Phi) is 25.7. The zero-order valence-electron chi connectivity index (χ0n) is 30.8. The average Bonchev–Trinajstić information content (AvgIpc) is 3.06. The van der Waals surface area contributed by atoms with Gasteiger partial charge >= 0.3 is 17.4 Å². The van der Waals surface area contributed by atoms with E-state index in [1.54, 1.807) is 0 Å². The fraction of sp³-hybridized carbons (Fsp3) is 1.00. The molecule has 0 amide bonds. The largest absolute Gasteiger partial charge is 3.00 e. The number of hydrogen-bond acceptors (Lipinski definition) is 6. The Labute approximate surface area is 296 Å². The molecule has 3 rings (SSSR count). The minimum atomic E-state index is -3.12. The van der Waals surface area contributed by atoms with Crippen LogP contribution in [0, 0.1) is 17.8 Å². The molecular weight excluding hydrogens is 648 g/mol. The molecule has 0 N–H and O–H groups in total. The van der Waals surface area contributed by atoms with Crippen molar-refractivity contribution in [2.24, 2.45) is 17.8 Å². The molecule has 6 nitrogen and oxygen atoms in total. The summed E-state index contributed by atoms with van der Waals surface area (Å²) in [4.78, 5) is 36.0. The van der Waals surface area contributed by atoms with Gasteiger partial charge in [0.15, 0.2) is 0 Å². The van der Waals surface area contributed by atoms with E-state index in [1.165, 1.54) is 57.8 Å². The molecule has 6 atom stereocenters. The molecule has 0 radical (unpaired) electrons. The molecule has 0 aromatic carbocycles. The molecule has 46 heavy (non-hydrogen) atoms. The van der Waals surface area contributed by atoms with Crippen molar-refractivity contribution in [1.29, 1.82) is 0 Å². The van der Waals surface area contributed by atoms with Crippen LogP contribution in [0.3, 0.4) is 0 Å². The Balaban J connectivity index is 0.000000653. The Morgan fingerprint density at radius 2 is 0.652 bits per heavy atom. The van der Waals surface area contributed by atoms with Crippen molar-refractivity contribution < 1.29 is 28.4 Å². The van der Waals surface area contributed by atoms with E-state index in [0.717, 1.165) is 77.0 Å². The Hall–Kier alpha value is 1.10. The summed E-state index contributed by atoms with van der Waals surface area (Å²) in [5, 5.41) is 0. The number of hydrogen-bond donors (Lipinski definition) is 0. The first-order valence-electron chi connectivity index (χ1n) is 19.1. The third-order valence-electron chi connectivity index (χ3n) is 11.3. The smallest absolute Gasteiger partial charge is 0.799 e. The molecule has 270 valence electrons. The Bertz CT molecular complexity index is 786. The Morgan fingerprint density at radius 3 is 0.826 bits per heavy atom. The summed E-state index contributed by atoms with van der Waals surface area (Å²) >= 11 is 0. The predicted molar refractivity (Wildman–Crippen MR) is 196 cm³/mol. The van der Waals surface area contributed by atoms with Crippen LogP contribution in [0.5, 0.6) is 0 Å². The molecule has 0 saturated heterocycles. The van der Waals surface area contributed by atoms with Gasteiger partial charge in [-0.25, -0.2) is 0 Å². The van der Waals surface area contributed by atoms with E-state index in [2.05, 4.69) is 0 Å². The van der Waals surface area contributed by atoms with Gasteiger partial charge in [-0.05, 0) is 111 Å². The molecule has 10 heteroatoms. The van der Waals surface area contributed by atoms with Crippen LogP contribution in [0.25, 0.3) is 0 Å². The van der Waals surface area contributed by atoms with Crippen LogP contribution < -0.4 is 14.7 Å². The molecule has 0 aromatic rings. The first-order valence-corrected chi connectivity index (χ1v) is 24.8. The first kappa shape index (κ1) is 47.1. The average molecular weight is 721 g/mol. The summed E-state index contributed by atoms with van der Waals surface area (Å²) in [7, 11) is -9.36. The van der Waals surface area contributed by atoms with E-state index in [-0.39, 0.29) is 34.3 Å². The van der Waals surface area contributed by atoms with Crippen LogP contribution in [-0.4, -0.2) is 52.8 Å². The van der Waals surface area contributed by atoms with E-state index in [0.29, 0.717) is 36.2 Å². The van der Waals surface area contributed by atoms with Gasteiger partial charge in [0.25, 0.3) is 0 Å². The molecular formula is C36H72AlO6P3. The van der Waals surface area contributed by atoms with Gasteiger partial charge < -0.3 is 28.4 Å². The second kappa shape index (κ2) is 25.1. The Morgan fingerprint density at radius 1 is 0.457 bits per heavy atom. The summed E-state index contributed by atoms with van der Waals surface area (Å²) in [5.74, 6) is 1.33. The van der Waals surface area contributed by atoms with Crippen molar-refractivity contribution in [1.82, 2.24) is 0 Å². The minimum absolute atomic E-state index is 0. The molecule has 0 aliphatic heterocycles. The number of rotatable bonds is 15. The van der Waals surface area contributed by atoms with Crippen molar-refractivity contribution in [2.45, 2.75) is 193 Å². The molecule has 6 unspecified atom stereocenters. The van der Waals surface area contributed by atoms with E-state index < -0.39 is 22.1 Å². The van der Waals surface area contributed by atoms with Gasteiger partial charge in [-0.15, -0.1) is 0 Å². The molecule has 0 aromatic heterocycles. The number of unbranched alkanes of at least 4 members (excludes halogenated alkanes) is 3. The van der Waals surface area contributed by atoms with Crippen molar-refractivity contribution in [3.05, 3.63) is 0 Å². The zero-order chi connectivity index (χ0) is 33.9. The quantitative estimate of drug-likeness (QED) is 0.123. The summed E-state index contributed by atoms with van der Waals surface area (Å²) in [6.07, 6.45) is 24.7. The molecule has 0 heterocycles. The van der Waals surface area contributed by atoms with Crippen molar-refractivity contribution >= 4 is 39.5 Å². The van der Waals surface area contributed by atoms with E-state index in [9.17, 15) is 28.4 Å². The predicted octanol–water partition coefficient (Wildman–Crippen LogP) is 9.80. The normalized spacial score (nSPS) is 24.2. The van der Waals surface area contributed by atoms with Crippen molar-refractivity contribution in [2.75, 3.05) is 18.5 Å². The van der Waals surface area contributed by atoms with Gasteiger partial charge in [-0.2, -0.15) is 0 Å². The zero-order valence-corrected chi connectivity index (χ0v) is 34.6. The fourth-order valence-corrected chi connectivity index (χ4v) is 13.9. The fourth-order valence-electron chi connectivity index (χ4n) is 7.56. The summed E-state index contributed by atoms with van der Waals surface area (Å²) in [6.45, 7) is 11.9. The molecule has 3 aliphatic rings. The minimum Gasteiger partial charge on any atom is -0.799 e. The second-order valence-electron chi connectivity index (χ2n) is 14.8. The SMILES string of the molecule is CCCCP(=O)([O-])C(C)C1CCCCC1.CCCCP(=O)([O-])C(C)C1CCCCC1.CCCCP(=O)([O-])C(C)C1CCCCC1.[Al+3]. The second-order valence-corrected chi connectivity index (χ2v) is 23.0.